The van der Waals surface area contributed by atoms with Gasteiger partial charge < -0.3 is 15.4 Å². The fraction of sp³-hybridized carbons (Fsp3) is 0.625. The SMILES string of the molecule is CN(CCOCC1CC1)CC(CN)c1ccccc1. The number of hydrogen-bond acceptors (Lipinski definition) is 3. The molecule has 1 atom stereocenters. The Bertz CT molecular complexity index is 351. The van der Waals surface area contributed by atoms with Crippen LogP contribution in [0, 0.1) is 5.92 Å². The highest BCUT2D eigenvalue weighted by Crippen LogP contribution is 2.28. The molecule has 0 radical (unpaired) electrons. The number of nitrogens with two attached hydrogens (primary N) is 1. The van der Waals surface area contributed by atoms with Gasteiger partial charge in [-0.15, -0.1) is 0 Å². The first-order valence-corrected chi connectivity index (χ1v) is 7.31. The lowest BCUT2D eigenvalue weighted by Crippen LogP contribution is -2.31. The van der Waals surface area contributed by atoms with Crippen LogP contribution in [0.25, 0.3) is 0 Å². The molecule has 1 aromatic carbocycles. The van der Waals surface area contributed by atoms with Crippen molar-refractivity contribution in [1.82, 2.24) is 4.90 Å². The average Bonchev–Trinajstić information content (AvgIpc) is 3.26. The predicted octanol–water partition coefficient (Wildman–Crippen LogP) is 2.09. The van der Waals surface area contributed by atoms with Crippen molar-refractivity contribution >= 4 is 0 Å². The molecular formula is C16H26N2O. The fourth-order valence-electron chi connectivity index (χ4n) is 2.26. The summed E-state index contributed by atoms with van der Waals surface area (Å²) in [5, 5.41) is 0. The van der Waals surface area contributed by atoms with Crippen LogP contribution in [0.1, 0.15) is 24.3 Å². The molecule has 1 aromatic rings. The summed E-state index contributed by atoms with van der Waals surface area (Å²) in [4.78, 5) is 2.32. The lowest BCUT2D eigenvalue weighted by Gasteiger charge is -2.23. The molecule has 19 heavy (non-hydrogen) atoms. The number of likely N-dealkylation sites (N-methyl/N-ethyl adjacent to an activating group) is 1. The van der Waals surface area contributed by atoms with Crippen LogP contribution in [-0.4, -0.2) is 44.8 Å². The monoisotopic (exact) mass is 262 g/mol. The summed E-state index contributed by atoms with van der Waals surface area (Å²) in [6.07, 6.45) is 2.72. The van der Waals surface area contributed by atoms with Crippen LogP contribution in [-0.2, 0) is 4.74 Å². The third kappa shape index (κ3) is 5.31. The lowest BCUT2D eigenvalue weighted by molar-refractivity contribution is 0.102. The zero-order chi connectivity index (χ0) is 13.5. The van der Waals surface area contributed by atoms with E-state index in [0.29, 0.717) is 12.5 Å². The van der Waals surface area contributed by atoms with Gasteiger partial charge in [0.25, 0.3) is 0 Å². The first-order chi connectivity index (χ1) is 9.29. The van der Waals surface area contributed by atoms with Gasteiger partial charge >= 0.3 is 0 Å². The Hall–Kier alpha value is -0.900. The summed E-state index contributed by atoms with van der Waals surface area (Å²) in [5.74, 6) is 1.26. The highest BCUT2D eigenvalue weighted by Gasteiger charge is 2.21. The molecule has 0 aromatic heterocycles. The maximum atomic E-state index is 5.90. The molecular weight excluding hydrogens is 236 g/mol. The molecule has 1 unspecified atom stereocenters. The van der Waals surface area contributed by atoms with Gasteiger partial charge in [-0.25, -0.2) is 0 Å². The van der Waals surface area contributed by atoms with E-state index in [9.17, 15) is 0 Å². The first-order valence-electron chi connectivity index (χ1n) is 7.31. The molecule has 3 nitrogen and oxygen atoms in total. The summed E-state index contributed by atoms with van der Waals surface area (Å²) in [5.41, 5.74) is 7.23. The zero-order valence-electron chi connectivity index (χ0n) is 11.9. The van der Waals surface area contributed by atoms with Gasteiger partial charge in [-0.05, 0) is 31.4 Å². The lowest BCUT2D eigenvalue weighted by atomic mass is 9.99. The summed E-state index contributed by atoms with van der Waals surface area (Å²) < 4.78 is 5.68. The van der Waals surface area contributed by atoms with Crippen LogP contribution in [0.15, 0.2) is 30.3 Å². The molecule has 1 saturated carbocycles. The highest BCUT2D eigenvalue weighted by molar-refractivity contribution is 5.20. The van der Waals surface area contributed by atoms with E-state index in [1.165, 1.54) is 18.4 Å². The van der Waals surface area contributed by atoms with Gasteiger partial charge in [0.1, 0.15) is 0 Å². The van der Waals surface area contributed by atoms with Crippen LogP contribution in [0.2, 0.25) is 0 Å². The van der Waals surface area contributed by atoms with Crippen molar-refractivity contribution in [2.45, 2.75) is 18.8 Å². The molecule has 1 aliphatic carbocycles. The average molecular weight is 262 g/mol. The van der Waals surface area contributed by atoms with Crippen LogP contribution in [0.3, 0.4) is 0 Å². The Kier molecular flexibility index (Phi) is 5.83. The minimum atomic E-state index is 0.412. The van der Waals surface area contributed by atoms with E-state index >= 15 is 0 Å². The van der Waals surface area contributed by atoms with E-state index in [2.05, 4.69) is 36.2 Å². The molecule has 1 aliphatic rings. The first kappa shape index (κ1) is 14.5. The van der Waals surface area contributed by atoms with Crippen molar-refractivity contribution < 1.29 is 4.74 Å². The molecule has 2 rings (SSSR count). The summed E-state index contributed by atoms with van der Waals surface area (Å²) >= 11 is 0. The van der Waals surface area contributed by atoms with Crippen LogP contribution in [0.4, 0.5) is 0 Å². The van der Waals surface area contributed by atoms with Crippen molar-refractivity contribution in [3.63, 3.8) is 0 Å². The van der Waals surface area contributed by atoms with E-state index in [1.54, 1.807) is 0 Å². The second-order valence-electron chi connectivity index (χ2n) is 5.62. The molecule has 0 heterocycles. The highest BCUT2D eigenvalue weighted by atomic mass is 16.5. The van der Waals surface area contributed by atoms with Crippen LogP contribution < -0.4 is 5.73 Å². The fourth-order valence-corrected chi connectivity index (χ4v) is 2.26. The quantitative estimate of drug-likeness (QED) is 0.693. The van der Waals surface area contributed by atoms with E-state index < -0.39 is 0 Å². The van der Waals surface area contributed by atoms with Crippen LogP contribution in [0.5, 0.6) is 0 Å². The molecule has 106 valence electrons. The number of hydrogen-bond donors (Lipinski definition) is 1. The molecule has 0 aliphatic heterocycles. The van der Waals surface area contributed by atoms with Gasteiger partial charge in [-0.3, -0.25) is 0 Å². The number of rotatable bonds is 9. The van der Waals surface area contributed by atoms with Gasteiger partial charge in [0.05, 0.1) is 6.61 Å². The maximum Gasteiger partial charge on any atom is 0.0593 e. The molecule has 3 heteroatoms. The smallest absolute Gasteiger partial charge is 0.0593 e. The summed E-state index contributed by atoms with van der Waals surface area (Å²) in [6.45, 7) is 4.45. The largest absolute Gasteiger partial charge is 0.380 e. The van der Waals surface area contributed by atoms with Gasteiger partial charge in [-0.1, -0.05) is 30.3 Å². The van der Waals surface area contributed by atoms with Crippen molar-refractivity contribution in [1.29, 1.82) is 0 Å². The van der Waals surface area contributed by atoms with Crippen molar-refractivity contribution in [2.24, 2.45) is 11.7 Å². The van der Waals surface area contributed by atoms with Crippen molar-refractivity contribution in [3.8, 4) is 0 Å². The minimum absolute atomic E-state index is 0.412. The van der Waals surface area contributed by atoms with E-state index in [4.69, 9.17) is 10.5 Å². The number of benzene rings is 1. The van der Waals surface area contributed by atoms with Crippen molar-refractivity contribution in [3.05, 3.63) is 35.9 Å². The zero-order valence-corrected chi connectivity index (χ0v) is 11.9. The Balaban J connectivity index is 1.68. The Morgan fingerprint density at radius 2 is 2.05 bits per heavy atom. The maximum absolute atomic E-state index is 5.90. The van der Waals surface area contributed by atoms with Gasteiger partial charge in [0.15, 0.2) is 0 Å². The Morgan fingerprint density at radius 3 is 2.68 bits per heavy atom. The Labute approximate surface area is 116 Å². The van der Waals surface area contributed by atoms with E-state index in [0.717, 1.165) is 32.2 Å². The van der Waals surface area contributed by atoms with E-state index in [-0.39, 0.29) is 0 Å². The summed E-state index contributed by atoms with van der Waals surface area (Å²) in [6, 6.07) is 10.5. The molecule has 2 N–H and O–H groups in total. The standard InChI is InChI=1S/C16H26N2O/c1-18(9-10-19-13-14-7-8-14)12-16(11-17)15-5-3-2-4-6-15/h2-6,14,16H,7-13,17H2,1H3. The molecule has 1 fully saturated rings. The topological polar surface area (TPSA) is 38.5 Å². The Morgan fingerprint density at radius 1 is 1.32 bits per heavy atom. The van der Waals surface area contributed by atoms with Crippen molar-refractivity contribution in [2.75, 3.05) is 39.9 Å². The minimum Gasteiger partial charge on any atom is -0.380 e. The van der Waals surface area contributed by atoms with Crippen LogP contribution >= 0.6 is 0 Å². The van der Waals surface area contributed by atoms with Gasteiger partial charge in [0.2, 0.25) is 0 Å². The van der Waals surface area contributed by atoms with Gasteiger partial charge in [-0.2, -0.15) is 0 Å². The number of ether oxygens (including phenoxy) is 1. The normalized spacial score (nSPS) is 16.8. The second kappa shape index (κ2) is 7.63. The second-order valence-corrected chi connectivity index (χ2v) is 5.62. The van der Waals surface area contributed by atoms with Gasteiger partial charge in [0, 0.05) is 32.2 Å². The third-order valence-corrected chi connectivity index (χ3v) is 3.76. The summed E-state index contributed by atoms with van der Waals surface area (Å²) in [7, 11) is 2.14. The molecule has 0 spiro atoms. The third-order valence-electron chi connectivity index (χ3n) is 3.76. The van der Waals surface area contributed by atoms with E-state index in [1.807, 2.05) is 6.07 Å². The molecule has 0 saturated heterocycles. The predicted molar refractivity (Wildman–Crippen MR) is 79.3 cm³/mol. The molecule has 0 bridgehead atoms. The molecule has 0 amide bonds. The number of nitrogens with zero attached hydrogens (tertiary/aromatic N) is 1.